The van der Waals surface area contributed by atoms with Gasteiger partial charge in [0.05, 0.1) is 6.61 Å². The molecule has 1 aliphatic rings. The first-order valence-corrected chi connectivity index (χ1v) is 8.95. The Morgan fingerprint density at radius 3 is 2.55 bits per heavy atom. The maximum absolute atomic E-state index is 11.7. The molecule has 20 heavy (non-hydrogen) atoms. The molecule has 0 N–H and O–H groups in total. The summed E-state index contributed by atoms with van der Waals surface area (Å²) in [5, 5.41) is 0. The average Bonchev–Trinajstić information content (AvgIpc) is 2.37. The first kappa shape index (κ1) is 15.6. The molecule has 1 aromatic carbocycles. The van der Waals surface area contributed by atoms with E-state index in [0.717, 1.165) is 37.2 Å². The molecule has 0 bridgehead atoms. The number of aryl methyl sites for hydroxylation is 2. The summed E-state index contributed by atoms with van der Waals surface area (Å²) >= 11 is 0. The van der Waals surface area contributed by atoms with Crippen LogP contribution in [0.2, 0.25) is 0 Å². The van der Waals surface area contributed by atoms with Crippen molar-refractivity contribution in [2.45, 2.75) is 31.6 Å². The predicted molar refractivity (Wildman–Crippen MR) is 78.0 cm³/mol. The van der Waals surface area contributed by atoms with Gasteiger partial charge in [-0.3, -0.25) is 0 Å². The van der Waals surface area contributed by atoms with Gasteiger partial charge in [0, 0.05) is 23.9 Å². The lowest BCUT2D eigenvalue weighted by molar-refractivity contribution is 0.0492. The molecule has 2 rings (SSSR count). The van der Waals surface area contributed by atoms with Gasteiger partial charge in [-0.25, -0.2) is 8.42 Å². The molecule has 1 heterocycles. The summed E-state index contributed by atoms with van der Waals surface area (Å²) in [6, 6.07) is 3.44. The molecular weight excluding hydrogens is 300 g/mol. The van der Waals surface area contributed by atoms with Gasteiger partial charge in [0.25, 0.3) is 9.05 Å². The zero-order valence-electron chi connectivity index (χ0n) is 11.7. The predicted octanol–water partition coefficient (Wildman–Crippen LogP) is 3.04. The van der Waals surface area contributed by atoms with Crippen molar-refractivity contribution in [1.82, 2.24) is 0 Å². The molecule has 1 aliphatic heterocycles. The molecule has 1 saturated heterocycles. The van der Waals surface area contributed by atoms with E-state index >= 15 is 0 Å². The van der Waals surface area contributed by atoms with Crippen LogP contribution in [0.25, 0.3) is 0 Å². The SMILES string of the molecule is Cc1cc(C)c(OCC2CCOCC2)c(S(=O)(=O)Cl)c1. The number of hydrogen-bond acceptors (Lipinski definition) is 4. The van der Waals surface area contributed by atoms with Crippen molar-refractivity contribution in [3.63, 3.8) is 0 Å². The third kappa shape index (κ3) is 3.87. The third-order valence-electron chi connectivity index (χ3n) is 3.45. The smallest absolute Gasteiger partial charge is 0.265 e. The fourth-order valence-electron chi connectivity index (χ4n) is 2.40. The van der Waals surface area contributed by atoms with Gasteiger partial charge < -0.3 is 9.47 Å². The second-order valence-corrected chi connectivity index (χ2v) is 7.75. The van der Waals surface area contributed by atoms with E-state index in [-0.39, 0.29) is 4.90 Å². The Hall–Kier alpha value is -0.780. The molecule has 0 saturated carbocycles. The molecule has 0 atom stereocenters. The Kier molecular flexibility index (Phi) is 4.94. The summed E-state index contributed by atoms with van der Waals surface area (Å²) in [6.45, 7) is 5.63. The molecule has 112 valence electrons. The summed E-state index contributed by atoms with van der Waals surface area (Å²) in [4.78, 5) is 0.0590. The Morgan fingerprint density at radius 2 is 1.95 bits per heavy atom. The lowest BCUT2D eigenvalue weighted by atomic mass is 10.0. The van der Waals surface area contributed by atoms with Gasteiger partial charge in [0.2, 0.25) is 0 Å². The lowest BCUT2D eigenvalue weighted by Crippen LogP contribution is -2.22. The van der Waals surface area contributed by atoms with Crippen LogP contribution in [0.15, 0.2) is 17.0 Å². The maximum Gasteiger partial charge on any atom is 0.265 e. The molecule has 6 heteroatoms. The quantitative estimate of drug-likeness (QED) is 0.801. The largest absolute Gasteiger partial charge is 0.492 e. The van der Waals surface area contributed by atoms with Crippen LogP contribution in [-0.2, 0) is 13.8 Å². The van der Waals surface area contributed by atoms with Crippen LogP contribution in [0.4, 0.5) is 0 Å². The zero-order chi connectivity index (χ0) is 14.8. The Bertz CT molecular complexity index is 577. The zero-order valence-corrected chi connectivity index (χ0v) is 13.3. The van der Waals surface area contributed by atoms with E-state index in [1.165, 1.54) is 0 Å². The minimum atomic E-state index is -3.81. The van der Waals surface area contributed by atoms with Crippen LogP contribution in [0.1, 0.15) is 24.0 Å². The standard InChI is InChI=1S/C14H19ClO4S/c1-10-7-11(2)14(13(8-10)20(15,16)17)19-9-12-3-5-18-6-4-12/h7-8,12H,3-6,9H2,1-2H3. The molecular formula is C14H19ClO4S. The highest BCUT2D eigenvalue weighted by atomic mass is 35.7. The summed E-state index contributed by atoms with van der Waals surface area (Å²) in [6.07, 6.45) is 1.88. The van der Waals surface area contributed by atoms with Gasteiger partial charge >= 0.3 is 0 Å². The first-order chi connectivity index (χ1) is 9.38. The van der Waals surface area contributed by atoms with Crippen LogP contribution < -0.4 is 4.74 Å². The third-order valence-corrected chi connectivity index (χ3v) is 4.78. The summed E-state index contributed by atoms with van der Waals surface area (Å²) in [5.74, 6) is 0.771. The molecule has 0 amide bonds. The second-order valence-electron chi connectivity index (χ2n) is 5.21. The van der Waals surface area contributed by atoms with E-state index in [9.17, 15) is 8.42 Å². The number of ether oxygens (including phenoxy) is 2. The van der Waals surface area contributed by atoms with Gasteiger partial charge in [0.1, 0.15) is 10.6 Å². The Morgan fingerprint density at radius 1 is 1.30 bits per heavy atom. The van der Waals surface area contributed by atoms with E-state index in [2.05, 4.69) is 0 Å². The van der Waals surface area contributed by atoms with E-state index in [0.29, 0.717) is 18.3 Å². The van der Waals surface area contributed by atoms with Gasteiger partial charge in [-0.1, -0.05) is 6.07 Å². The van der Waals surface area contributed by atoms with Crippen molar-refractivity contribution < 1.29 is 17.9 Å². The van der Waals surface area contributed by atoms with Gasteiger partial charge in [-0.15, -0.1) is 0 Å². The molecule has 1 aromatic rings. The highest BCUT2D eigenvalue weighted by Gasteiger charge is 2.21. The van der Waals surface area contributed by atoms with Crippen molar-refractivity contribution in [2.24, 2.45) is 5.92 Å². The van der Waals surface area contributed by atoms with Crippen molar-refractivity contribution >= 4 is 19.7 Å². The number of rotatable bonds is 4. The summed E-state index contributed by atoms with van der Waals surface area (Å²) in [7, 11) is 1.69. The van der Waals surface area contributed by atoms with Crippen molar-refractivity contribution in [1.29, 1.82) is 0 Å². The highest BCUT2D eigenvalue weighted by molar-refractivity contribution is 8.13. The molecule has 0 radical (unpaired) electrons. The van der Waals surface area contributed by atoms with Crippen LogP contribution in [0, 0.1) is 19.8 Å². The van der Waals surface area contributed by atoms with Crippen LogP contribution in [0.5, 0.6) is 5.75 Å². The minimum absolute atomic E-state index is 0.0590. The van der Waals surface area contributed by atoms with E-state index < -0.39 is 9.05 Å². The number of halogens is 1. The topological polar surface area (TPSA) is 52.6 Å². The van der Waals surface area contributed by atoms with Gasteiger partial charge in [0.15, 0.2) is 0 Å². The molecule has 4 nitrogen and oxygen atoms in total. The normalized spacial score (nSPS) is 17.1. The minimum Gasteiger partial charge on any atom is -0.492 e. The highest BCUT2D eigenvalue weighted by Crippen LogP contribution is 2.32. The van der Waals surface area contributed by atoms with Crippen LogP contribution in [-0.4, -0.2) is 28.2 Å². The molecule has 0 aromatic heterocycles. The average molecular weight is 319 g/mol. The molecule has 0 unspecified atom stereocenters. The molecule has 0 aliphatic carbocycles. The van der Waals surface area contributed by atoms with E-state index in [1.54, 1.807) is 6.07 Å². The number of benzene rings is 1. The number of hydrogen-bond donors (Lipinski definition) is 0. The summed E-state index contributed by atoms with van der Waals surface area (Å²) in [5.41, 5.74) is 1.64. The van der Waals surface area contributed by atoms with Crippen molar-refractivity contribution in [3.05, 3.63) is 23.3 Å². The van der Waals surface area contributed by atoms with Crippen LogP contribution in [0.3, 0.4) is 0 Å². The first-order valence-electron chi connectivity index (χ1n) is 6.64. The second kappa shape index (κ2) is 6.33. The van der Waals surface area contributed by atoms with Gasteiger partial charge in [-0.05, 0) is 49.8 Å². The van der Waals surface area contributed by atoms with Crippen LogP contribution >= 0.6 is 10.7 Å². The lowest BCUT2D eigenvalue weighted by Gasteiger charge is -2.23. The van der Waals surface area contributed by atoms with Crippen molar-refractivity contribution in [2.75, 3.05) is 19.8 Å². The van der Waals surface area contributed by atoms with Gasteiger partial charge in [-0.2, -0.15) is 0 Å². The Balaban J connectivity index is 2.21. The fourth-order valence-corrected chi connectivity index (χ4v) is 3.51. The molecule has 1 fully saturated rings. The molecule has 0 spiro atoms. The summed E-state index contributed by atoms with van der Waals surface area (Å²) < 4.78 is 34.4. The van der Waals surface area contributed by atoms with Crippen molar-refractivity contribution in [3.8, 4) is 5.75 Å². The van der Waals surface area contributed by atoms with E-state index in [1.807, 2.05) is 19.9 Å². The maximum atomic E-state index is 11.7. The van der Waals surface area contributed by atoms with E-state index in [4.69, 9.17) is 20.2 Å². The Labute approximate surface area is 124 Å². The monoisotopic (exact) mass is 318 g/mol. The fraction of sp³-hybridized carbons (Fsp3) is 0.571.